The fraction of sp³-hybridized carbons (Fsp3) is 0. The van der Waals surface area contributed by atoms with Crippen molar-refractivity contribution in [3.63, 3.8) is 0 Å². The summed E-state index contributed by atoms with van der Waals surface area (Å²) in [6.07, 6.45) is 3.32. The molecule has 3 aromatic carbocycles. The van der Waals surface area contributed by atoms with Crippen molar-refractivity contribution in [1.29, 1.82) is 0 Å². The molecule has 0 radical (unpaired) electrons. The van der Waals surface area contributed by atoms with Crippen LogP contribution in [-0.4, -0.2) is 13.4 Å². The second-order valence-electron chi connectivity index (χ2n) is 6.23. The lowest BCUT2D eigenvalue weighted by Gasteiger charge is -2.12. The average molecular weight is 419 g/mol. The predicted molar refractivity (Wildman–Crippen MR) is 116 cm³/mol. The van der Waals surface area contributed by atoms with Crippen LogP contribution in [0.3, 0.4) is 0 Å². The number of anilines is 1. The van der Waals surface area contributed by atoms with Crippen molar-refractivity contribution >= 4 is 38.1 Å². The monoisotopic (exact) mass is 418 g/mol. The molecule has 0 atom stereocenters. The molecule has 1 heterocycles. The number of hydrogen-bond donors (Lipinski definition) is 1. The highest BCUT2D eigenvalue weighted by molar-refractivity contribution is 7.93. The number of aromatic nitrogens is 1. The first-order chi connectivity index (χ1) is 14.0. The van der Waals surface area contributed by atoms with Gasteiger partial charge in [0.2, 0.25) is 0 Å². The molecule has 0 unspecified atom stereocenters. The summed E-state index contributed by atoms with van der Waals surface area (Å²) in [6, 6.07) is 20.9. The smallest absolute Gasteiger partial charge is 0.262 e. The van der Waals surface area contributed by atoms with Gasteiger partial charge in [-0.15, -0.1) is 0 Å². The topological polar surface area (TPSA) is 59.1 Å². The normalized spacial score (nSPS) is 10.9. The molecule has 142 valence electrons. The number of pyridine rings is 1. The molecule has 0 saturated heterocycles. The largest absolute Gasteiger partial charge is 0.278 e. The van der Waals surface area contributed by atoms with Gasteiger partial charge in [-0.2, -0.15) is 0 Å². The molecule has 0 saturated carbocycles. The summed E-state index contributed by atoms with van der Waals surface area (Å²) in [7, 11) is -3.85. The number of halogens is 1. The Morgan fingerprint density at radius 3 is 2.45 bits per heavy atom. The van der Waals surface area contributed by atoms with Gasteiger partial charge in [-0.25, -0.2) is 8.42 Å². The highest BCUT2D eigenvalue weighted by Gasteiger charge is 2.19. The second kappa shape index (κ2) is 7.96. The lowest BCUT2D eigenvalue weighted by Crippen LogP contribution is -2.14. The van der Waals surface area contributed by atoms with E-state index in [9.17, 15) is 8.42 Å². The van der Waals surface area contributed by atoms with Crippen LogP contribution in [0.25, 0.3) is 10.8 Å². The zero-order valence-corrected chi connectivity index (χ0v) is 16.7. The first-order valence-electron chi connectivity index (χ1n) is 8.76. The lowest BCUT2D eigenvalue weighted by molar-refractivity contribution is 0.602. The zero-order chi connectivity index (χ0) is 20.3. The number of rotatable bonds is 3. The van der Waals surface area contributed by atoms with E-state index in [0.29, 0.717) is 27.0 Å². The van der Waals surface area contributed by atoms with Crippen LogP contribution in [-0.2, 0) is 10.0 Å². The Morgan fingerprint density at radius 2 is 1.62 bits per heavy atom. The molecule has 0 aliphatic rings. The van der Waals surface area contributed by atoms with Gasteiger partial charge < -0.3 is 0 Å². The maximum atomic E-state index is 13.1. The maximum absolute atomic E-state index is 13.1. The molecule has 29 heavy (non-hydrogen) atoms. The fourth-order valence-corrected chi connectivity index (χ4v) is 4.47. The molecule has 0 amide bonds. The summed E-state index contributed by atoms with van der Waals surface area (Å²) in [4.78, 5) is 4.19. The molecule has 4 aromatic rings. The Hall–Kier alpha value is -3.33. The molecule has 0 spiro atoms. The Kier molecular flexibility index (Phi) is 5.22. The zero-order valence-electron chi connectivity index (χ0n) is 15.1. The van der Waals surface area contributed by atoms with E-state index in [1.165, 1.54) is 0 Å². The number of nitrogens with zero attached hydrogens (tertiary/aromatic N) is 1. The van der Waals surface area contributed by atoms with Gasteiger partial charge in [-0.3, -0.25) is 9.71 Å². The molecule has 4 rings (SSSR count). The van der Waals surface area contributed by atoms with Crippen molar-refractivity contribution in [2.75, 3.05) is 4.72 Å². The number of fused-ring (bicyclic) bond motifs is 1. The summed E-state index contributed by atoms with van der Waals surface area (Å²) >= 11 is 6.23. The highest BCUT2D eigenvalue weighted by Crippen LogP contribution is 2.30. The van der Waals surface area contributed by atoms with Crippen molar-refractivity contribution in [3.8, 4) is 11.8 Å². The molecule has 4 nitrogen and oxygen atoms in total. The average Bonchev–Trinajstić information content (AvgIpc) is 2.73. The van der Waals surface area contributed by atoms with Gasteiger partial charge >= 0.3 is 0 Å². The van der Waals surface area contributed by atoms with Crippen molar-refractivity contribution in [2.45, 2.75) is 4.90 Å². The van der Waals surface area contributed by atoms with Gasteiger partial charge in [0.1, 0.15) is 0 Å². The molecule has 1 N–H and O–H groups in total. The molecule has 6 heteroatoms. The number of hydrogen-bond acceptors (Lipinski definition) is 3. The summed E-state index contributed by atoms with van der Waals surface area (Å²) in [6.45, 7) is 0. The Balaban J connectivity index is 1.74. The summed E-state index contributed by atoms with van der Waals surface area (Å²) < 4.78 is 28.9. The van der Waals surface area contributed by atoms with Gasteiger partial charge in [0.25, 0.3) is 10.0 Å². The molecule has 1 aromatic heterocycles. The minimum Gasteiger partial charge on any atom is -0.278 e. The van der Waals surface area contributed by atoms with Crippen LogP contribution in [0.1, 0.15) is 11.1 Å². The third-order valence-corrected chi connectivity index (χ3v) is 6.05. The quantitative estimate of drug-likeness (QED) is 0.471. The Labute approximate surface area is 174 Å². The maximum Gasteiger partial charge on any atom is 0.262 e. The molecule has 0 aliphatic heterocycles. The van der Waals surface area contributed by atoms with E-state index in [1.54, 1.807) is 73.1 Å². The minimum atomic E-state index is -3.85. The van der Waals surface area contributed by atoms with Gasteiger partial charge in [0.15, 0.2) is 0 Å². The van der Waals surface area contributed by atoms with Crippen LogP contribution >= 0.6 is 11.6 Å². The van der Waals surface area contributed by atoms with Crippen molar-refractivity contribution in [1.82, 2.24) is 4.98 Å². The van der Waals surface area contributed by atoms with Crippen molar-refractivity contribution in [3.05, 3.63) is 101 Å². The van der Waals surface area contributed by atoms with Gasteiger partial charge in [-0.05, 0) is 36.4 Å². The first kappa shape index (κ1) is 19.0. The van der Waals surface area contributed by atoms with Crippen LogP contribution < -0.4 is 4.72 Å². The molecule has 0 bridgehead atoms. The number of nitrogens with one attached hydrogen (secondary N) is 1. The molecule has 0 fully saturated rings. The number of para-hydroxylation sites is 1. The van der Waals surface area contributed by atoms with Gasteiger partial charge in [0, 0.05) is 39.3 Å². The van der Waals surface area contributed by atoms with Gasteiger partial charge in [-0.1, -0.05) is 59.8 Å². The Morgan fingerprint density at radius 1 is 0.828 bits per heavy atom. The van der Waals surface area contributed by atoms with E-state index in [1.807, 2.05) is 12.1 Å². The summed E-state index contributed by atoms with van der Waals surface area (Å²) in [5.74, 6) is 6.01. The van der Waals surface area contributed by atoms with E-state index in [4.69, 9.17) is 11.6 Å². The van der Waals surface area contributed by atoms with Crippen LogP contribution in [0.15, 0.2) is 90.1 Å². The van der Waals surface area contributed by atoms with Crippen LogP contribution in [0.2, 0.25) is 5.02 Å². The summed E-state index contributed by atoms with van der Waals surface area (Å²) in [5, 5.41) is 1.75. The van der Waals surface area contributed by atoms with Crippen molar-refractivity contribution < 1.29 is 8.42 Å². The van der Waals surface area contributed by atoms with E-state index in [0.717, 1.165) is 5.56 Å². The fourth-order valence-electron chi connectivity index (χ4n) is 2.93. The van der Waals surface area contributed by atoms with E-state index < -0.39 is 10.0 Å². The molecule has 0 aliphatic carbocycles. The first-order valence-corrected chi connectivity index (χ1v) is 10.6. The minimum absolute atomic E-state index is 0.160. The Bertz CT molecular complexity index is 1360. The second-order valence-corrected chi connectivity index (χ2v) is 8.29. The van der Waals surface area contributed by atoms with Crippen LogP contribution in [0.5, 0.6) is 0 Å². The number of benzene rings is 3. The van der Waals surface area contributed by atoms with Gasteiger partial charge in [0.05, 0.1) is 10.6 Å². The van der Waals surface area contributed by atoms with E-state index in [2.05, 4.69) is 21.5 Å². The highest BCUT2D eigenvalue weighted by atomic mass is 35.5. The lowest BCUT2D eigenvalue weighted by atomic mass is 10.1. The van der Waals surface area contributed by atoms with Crippen LogP contribution in [0, 0.1) is 11.8 Å². The number of sulfonamides is 1. The molecular weight excluding hydrogens is 404 g/mol. The summed E-state index contributed by atoms with van der Waals surface area (Å²) in [5.41, 5.74) is 1.72. The predicted octanol–water partition coefficient (Wildman–Crippen LogP) is 5.09. The van der Waals surface area contributed by atoms with Crippen LogP contribution in [0.4, 0.5) is 5.69 Å². The standard InChI is InChI=1S/C23H15ClN2O2S/c24-21-10-3-9-20-19(21)8-4-12-23(20)29(27,28)26-22-11-2-1-7-18(22)14-13-17-6-5-15-25-16-17/h1-12,15-16,26H. The molecular formula is C23H15ClN2O2S. The van der Waals surface area contributed by atoms with Crippen molar-refractivity contribution in [2.24, 2.45) is 0 Å². The SMILES string of the molecule is O=S(=O)(Nc1ccccc1C#Cc1cccnc1)c1cccc2c(Cl)cccc12. The van der Waals surface area contributed by atoms with E-state index in [-0.39, 0.29) is 4.90 Å². The third-order valence-electron chi connectivity index (χ3n) is 4.29. The van der Waals surface area contributed by atoms with E-state index >= 15 is 0 Å². The third kappa shape index (κ3) is 4.09.